The van der Waals surface area contributed by atoms with E-state index >= 15 is 0 Å². The van der Waals surface area contributed by atoms with Crippen LogP contribution in [0.3, 0.4) is 0 Å². The second kappa shape index (κ2) is 9.03. The highest BCUT2D eigenvalue weighted by Gasteiger charge is 2.04. The number of rotatable bonds is 7. The standard InChI is InChI=1S/C10H19NO2.ClH/c1-4-11(5-2)8-6-7-9(3)10(12)13;/h3-8H2,1-2H3,(H,12,13);1H. The summed E-state index contributed by atoms with van der Waals surface area (Å²) in [4.78, 5) is 12.7. The zero-order chi connectivity index (χ0) is 10.3. The molecule has 84 valence electrons. The minimum atomic E-state index is -0.875. The lowest BCUT2D eigenvalue weighted by Gasteiger charge is -2.17. The monoisotopic (exact) mass is 221 g/mol. The molecule has 0 bridgehead atoms. The number of hydrogen-bond donors (Lipinski definition) is 1. The molecule has 0 aliphatic carbocycles. The summed E-state index contributed by atoms with van der Waals surface area (Å²) in [6.45, 7) is 10.7. The summed E-state index contributed by atoms with van der Waals surface area (Å²) < 4.78 is 0. The smallest absolute Gasteiger partial charge is 0.330 e. The summed E-state index contributed by atoms with van der Waals surface area (Å²) in [5.41, 5.74) is 0.312. The minimum Gasteiger partial charge on any atom is -0.478 e. The Bertz CT molecular complexity index is 179. The van der Waals surface area contributed by atoms with Gasteiger partial charge in [0, 0.05) is 5.57 Å². The van der Waals surface area contributed by atoms with Crippen LogP contribution in [0.4, 0.5) is 0 Å². The van der Waals surface area contributed by atoms with E-state index in [1.54, 1.807) is 0 Å². The molecule has 0 spiro atoms. The third-order valence-electron chi connectivity index (χ3n) is 2.15. The van der Waals surface area contributed by atoms with E-state index < -0.39 is 5.97 Å². The van der Waals surface area contributed by atoms with Gasteiger partial charge >= 0.3 is 5.97 Å². The molecule has 0 radical (unpaired) electrons. The van der Waals surface area contributed by atoms with Gasteiger partial charge in [0.05, 0.1) is 0 Å². The molecule has 0 aliphatic rings. The van der Waals surface area contributed by atoms with Gasteiger partial charge in [0.2, 0.25) is 0 Å². The molecule has 0 aromatic carbocycles. The SMILES string of the molecule is C=C(CCCN(CC)CC)C(=O)O.Cl. The first kappa shape index (κ1) is 15.9. The molecule has 0 rings (SSSR count). The van der Waals surface area contributed by atoms with Gasteiger partial charge in [-0.3, -0.25) is 0 Å². The molecular formula is C10H20ClNO2. The van der Waals surface area contributed by atoms with E-state index in [2.05, 4.69) is 25.3 Å². The molecule has 0 aromatic rings. The van der Waals surface area contributed by atoms with E-state index in [-0.39, 0.29) is 12.4 Å². The highest BCUT2D eigenvalue weighted by molar-refractivity contribution is 5.85. The molecule has 0 aromatic heterocycles. The predicted octanol–water partition coefficient (Wildman–Crippen LogP) is 2.17. The van der Waals surface area contributed by atoms with Crippen molar-refractivity contribution in [2.75, 3.05) is 19.6 Å². The van der Waals surface area contributed by atoms with Crippen molar-refractivity contribution in [3.05, 3.63) is 12.2 Å². The van der Waals surface area contributed by atoms with Crippen LogP contribution in [-0.4, -0.2) is 35.6 Å². The zero-order valence-corrected chi connectivity index (χ0v) is 9.77. The lowest BCUT2D eigenvalue weighted by atomic mass is 10.1. The fraction of sp³-hybridized carbons (Fsp3) is 0.700. The van der Waals surface area contributed by atoms with Crippen LogP contribution in [0.5, 0.6) is 0 Å². The van der Waals surface area contributed by atoms with Gasteiger partial charge in [-0.05, 0) is 32.5 Å². The van der Waals surface area contributed by atoms with E-state index in [9.17, 15) is 4.79 Å². The first-order valence-electron chi connectivity index (χ1n) is 4.75. The Morgan fingerprint density at radius 3 is 2.21 bits per heavy atom. The first-order valence-corrected chi connectivity index (χ1v) is 4.75. The van der Waals surface area contributed by atoms with Crippen LogP contribution in [0.15, 0.2) is 12.2 Å². The molecule has 0 fully saturated rings. The highest BCUT2D eigenvalue weighted by atomic mass is 35.5. The molecule has 0 atom stereocenters. The zero-order valence-electron chi connectivity index (χ0n) is 8.95. The number of carboxylic acids is 1. The Morgan fingerprint density at radius 2 is 1.86 bits per heavy atom. The highest BCUT2D eigenvalue weighted by Crippen LogP contribution is 2.03. The van der Waals surface area contributed by atoms with Gasteiger partial charge in [0.25, 0.3) is 0 Å². The van der Waals surface area contributed by atoms with E-state index in [1.165, 1.54) is 0 Å². The molecular weight excluding hydrogens is 202 g/mol. The largest absolute Gasteiger partial charge is 0.478 e. The van der Waals surface area contributed by atoms with Crippen LogP contribution >= 0.6 is 12.4 Å². The molecule has 0 saturated heterocycles. The molecule has 0 aliphatic heterocycles. The van der Waals surface area contributed by atoms with Crippen molar-refractivity contribution in [1.82, 2.24) is 4.90 Å². The van der Waals surface area contributed by atoms with Gasteiger partial charge in [0.15, 0.2) is 0 Å². The second-order valence-electron chi connectivity index (χ2n) is 3.04. The number of nitrogens with zero attached hydrogens (tertiary/aromatic N) is 1. The summed E-state index contributed by atoms with van der Waals surface area (Å²) in [5, 5.41) is 8.55. The maximum atomic E-state index is 10.4. The van der Waals surface area contributed by atoms with Gasteiger partial charge in [-0.1, -0.05) is 20.4 Å². The van der Waals surface area contributed by atoms with E-state index in [0.29, 0.717) is 12.0 Å². The van der Waals surface area contributed by atoms with Crippen LogP contribution in [-0.2, 0) is 4.79 Å². The summed E-state index contributed by atoms with van der Waals surface area (Å²) in [6, 6.07) is 0. The van der Waals surface area contributed by atoms with Gasteiger partial charge < -0.3 is 10.0 Å². The number of halogens is 1. The summed E-state index contributed by atoms with van der Waals surface area (Å²) in [5.74, 6) is -0.875. The minimum absolute atomic E-state index is 0. The van der Waals surface area contributed by atoms with Crippen LogP contribution in [0, 0.1) is 0 Å². The van der Waals surface area contributed by atoms with Crippen molar-refractivity contribution in [2.45, 2.75) is 26.7 Å². The van der Waals surface area contributed by atoms with Crippen molar-refractivity contribution in [1.29, 1.82) is 0 Å². The maximum absolute atomic E-state index is 10.4. The van der Waals surface area contributed by atoms with E-state index in [1.807, 2.05) is 0 Å². The van der Waals surface area contributed by atoms with Crippen molar-refractivity contribution in [3.8, 4) is 0 Å². The third-order valence-corrected chi connectivity index (χ3v) is 2.15. The number of hydrogen-bond acceptors (Lipinski definition) is 2. The average molecular weight is 222 g/mol. The summed E-state index contributed by atoms with van der Waals surface area (Å²) >= 11 is 0. The fourth-order valence-corrected chi connectivity index (χ4v) is 1.16. The summed E-state index contributed by atoms with van der Waals surface area (Å²) in [6.07, 6.45) is 1.47. The molecule has 1 N–H and O–H groups in total. The van der Waals surface area contributed by atoms with Crippen LogP contribution in [0.25, 0.3) is 0 Å². The predicted molar refractivity (Wildman–Crippen MR) is 61.0 cm³/mol. The van der Waals surface area contributed by atoms with Crippen molar-refractivity contribution in [2.24, 2.45) is 0 Å². The molecule has 14 heavy (non-hydrogen) atoms. The van der Waals surface area contributed by atoms with Gasteiger partial charge in [-0.25, -0.2) is 4.79 Å². The topological polar surface area (TPSA) is 40.5 Å². The Kier molecular flexibility index (Phi) is 10.3. The quantitative estimate of drug-likeness (QED) is 0.670. The Labute approximate surface area is 92.2 Å². The lowest BCUT2D eigenvalue weighted by Crippen LogP contribution is -2.24. The number of aliphatic carboxylic acids is 1. The molecule has 0 amide bonds. The molecule has 0 heterocycles. The molecule has 4 heteroatoms. The van der Waals surface area contributed by atoms with Crippen LogP contribution in [0.1, 0.15) is 26.7 Å². The Balaban J connectivity index is 0. The second-order valence-corrected chi connectivity index (χ2v) is 3.04. The third kappa shape index (κ3) is 6.92. The van der Waals surface area contributed by atoms with Crippen molar-refractivity contribution in [3.63, 3.8) is 0 Å². The van der Waals surface area contributed by atoms with Gasteiger partial charge in [-0.2, -0.15) is 0 Å². The fourth-order valence-electron chi connectivity index (χ4n) is 1.16. The maximum Gasteiger partial charge on any atom is 0.330 e. The van der Waals surface area contributed by atoms with E-state index in [0.717, 1.165) is 26.1 Å². The van der Waals surface area contributed by atoms with Crippen molar-refractivity contribution >= 4 is 18.4 Å². The Morgan fingerprint density at radius 1 is 1.36 bits per heavy atom. The van der Waals surface area contributed by atoms with Crippen LogP contribution < -0.4 is 0 Å². The summed E-state index contributed by atoms with van der Waals surface area (Å²) in [7, 11) is 0. The normalized spacial score (nSPS) is 9.64. The lowest BCUT2D eigenvalue weighted by molar-refractivity contribution is -0.132. The molecule has 3 nitrogen and oxygen atoms in total. The number of carboxylic acid groups (broad SMARTS) is 1. The molecule has 0 unspecified atom stereocenters. The van der Waals surface area contributed by atoms with Crippen molar-refractivity contribution < 1.29 is 9.90 Å². The van der Waals surface area contributed by atoms with Crippen LogP contribution in [0.2, 0.25) is 0 Å². The Hall–Kier alpha value is -0.540. The number of carbonyl (C=O) groups is 1. The van der Waals surface area contributed by atoms with Gasteiger partial charge in [0.1, 0.15) is 0 Å². The first-order chi connectivity index (χ1) is 6.11. The van der Waals surface area contributed by atoms with Gasteiger partial charge in [-0.15, -0.1) is 12.4 Å². The average Bonchev–Trinajstić information content (AvgIpc) is 2.12. The van der Waals surface area contributed by atoms with E-state index in [4.69, 9.17) is 5.11 Å². The molecule has 0 saturated carbocycles.